The third kappa shape index (κ3) is 4.57. The van der Waals surface area contributed by atoms with Gasteiger partial charge in [-0.3, -0.25) is 4.79 Å². The SMILES string of the molecule is CCn1c(-c2ccc3c(c2)OCCO3)cnc1SCC(=O)NCCc1c[nH]c2ccccc12. The maximum Gasteiger partial charge on any atom is 0.230 e. The van der Waals surface area contributed by atoms with Gasteiger partial charge < -0.3 is 24.3 Å². The molecule has 0 bridgehead atoms. The molecule has 1 aliphatic rings. The van der Waals surface area contributed by atoms with Crippen molar-refractivity contribution >= 4 is 28.6 Å². The van der Waals surface area contributed by atoms with E-state index in [4.69, 9.17) is 9.47 Å². The van der Waals surface area contributed by atoms with Gasteiger partial charge in [0, 0.05) is 35.8 Å². The van der Waals surface area contributed by atoms with Crippen molar-refractivity contribution in [2.45, 2.75) is 25.0 Å². The molecule has 0 aliphatic carbocycles. The fourth-order valence-corrected chi connectivity index (χ4v) is 4.94. The quantitative estimate of drug-likeness (QED) is 0.382. The van der Waals surface area contributed by atoms with E-state index >= 15 is 0 Å². The predicted molar refractivity (Wildman–Crippen MR) is 130 cm³/mol. The van der Waals surface area contributed by atoms with Crippen LogP contribution in [-0.4, -0.2) is 46.0 Å². The molecule has 2 aromatic carbocycles. The first kappa shape index (κ1) is 21.5. The number of benzene rings is 2. The van der Waals surface area contributed by atoms with Crippen LogP contribution in [0.4, 0.5) is 0 Å². The van der Waals surface area contributed by atoms with Gasteiger partial charge in [0.25, 0.3) is 0 Å². The highest BCUT2D eigenvalue weighted by atomic mass is 32.2. The molecule has 0 spiro atoms. The van der Waals surface area contributed by atoms with E-state index in [1.165, 1.54) is 22.7 Å². The summed E-state index contributed by atoms with van der Waals surface area (Å²) in [5, 5.41) is 5.06. The number of amides is 1. The van der Waals surface area contributed by atoms with E-state index in [-0.39, 0.29) is 5.91 Å². The minimum atomic E-state index is 0.00590. The van der Waals surface area contributed by atoms with Crippen molar-refractivity contribution in [1.29, 1.82) is 0 Å². The third-order valence-corrected chi connectivity index (χ3v) is 6.69. The van der Waals surface area contributed by atoms with Crippen molar-refractivity contribution in [3.63, 3.8) is 0 Å². The number of carbonyl (C=O) groups is 1. The number of hydrogen-bond donors (Lipinski definition) is 2. The van der Waals surface area contributed by atoms with Gasteiger partial charge in [-0.05, 0) is 43.2 Å². The summed E-state index contributed by atoms with van der Waals surface area (Å²) in [5.74, 6) is 1.86. The molecular formula is C25H26N4O3S. The number of ether oxygens (including phenoxy) is 2. The second kappa shape index (κ2) is 9.62. The number of imidazole rings is 1. The Morgan fingerprint density at radius 2 is 2.03 bits per heavy atom. The molecule has 8 heteroatoms. The van der Waals surface area contributed by atoms with Crippen LogP contribution in [-0.2, 0) is 17.8 Å². The van der Waals surface area contributed by atoms with Gasteiger partial charge in [0.15, 0.2) is 16.7 Å². The van der Waals surface area contributed by atoms with Crippen LogP contribution in [0.3, 0.4) is 0 Å². The van der Waals surface area contributed by atoms with Gasteiger partial charge in [0.1, 0.15) is 13.2 Å². The smallest absolute Gasteiger partial charge is 0.230 e. The number of thioether (sulfide) groups is 1. The van der Waals surface area contributed by atoms with Crippen molar-refractivity contribution in [3.8, 4) is 22.8 Å². The summed E-state index contributed by atoms with van der Waals surface area (Å²) < 4.78 is 13.5. The van der Waals surface area contributed by atoms with Crippen molar-refractivity contribution < 1.29 is 14.3 Å². The van der Waals surface area contributed by atoms with Crippen LogP contribution in [0, 0.1) is 0 Å². The van der Waals surface area contributed by atoms with E-state index < -0.39 is 0 Å². The predicted octanol–water partition coefficient (Wildman–Crippen LogP) is 4.27. The van der Waals surface area contributed by atoms with Crippen molar-refractivity contribution in [3.05, 3.63) is 60.4 Å². The van der Waals surface area contributed by atoms with E-state index in [9.17, 15) is 4.79 Å². The highest BCUT2D eigenvalue weighted by Gasteiger charge is 2.17. The summed E-state index contributed by atoms with van der Waals surface area (Å²) in [4.78, 5) is 20.3. The number of fused-ring (bicyclic) bond motifs is 2. The summed E-state index contributed by atoms with van der Waals surface area (Å²) in [6.07, 6.45) is 4.66. The second-order valence-corrected chi connectivity index (χ2v) is 8.72. The molecule has 170 valence electrons. The molecule has 1 aliphatic heterocycles. The maximum absolute atomic E-state index is 12.4. The number of aromatic nitrogens is 3. The number of hydrogen-bond acceptors (Lipinski definition) is 5. The molecule has 0 fully saturated rings. The van der Waals surface area contributed by atoms with Gasteiger partial charge in [0.05, 0.1) is 17.6 Å². The topological polar surface area (TPSA) is 81.2 Å². The zero-order valence-electron chi connectivity index (χ0n) is 18.5. The molecule has 0 radical (unpaired) electrons. The molecule has 0 saturated heterocycles. The van der Waals surface area contributed by atoms with Gasteiger partial charge in [-0.15, -0.1) is 0 Å². The summed E-state index contributed by atoms with van der Waals surface area (Å²) >= 11 is 1.45. The molecule has 2 aromatic heterocycles. The van der Waals surface area contributed by atoms with E-state index in [1.54, 1.807) is 0 Å². The molecular weight excluding hydrogens is 436 g/mol. The van der Waals surface area contributed by atoms with Crippen molar-refractivity contribution in [1.82, 2.24) is 19.9 Å². The second-order valence-electron chi connectivity index (χ2n) is 7.78. The molecule has 3 heterocycles. The van der Waals surface area contributed by atoms with Crippen LogP contribution in [0.2, 0.25) is 0 Å². The Morgan fingerprint density at radius 1 is 1.18 bits per heavy atom. The minimum absolute atomic E-state index is 0.00590. The molecule has 2 N–H and O–H groups in total. The third-order valence-electron chi connectivity index (χ3n) is 5.70. The standard InChI is InChI=1S/C25H26N4O3S/c1-2-29-21(17-7-8-22-23(13-17)32-12-11-31-22)15-28-25(29)33-16-24(30)26-10-9-18-14-27-20-6-4-3-5-19(18)20/h3-8,13-15,27H,2,9-12,16H2,1H3,(H,26,30). The van der Waals surface area contributed by atoms with Crippen LogP contribution < -0.4 is 14.8 Å². The molecule has 4 aromatic rings. The normalized spacial score (nSPS) is 12.8. The average Bonchev–Trinajstić information content (AvgIpc) is 3.46. The van der Waals surface area contributed by atoms with Crippen molar-refractivity contribution in [2.75, 3.05) is 25.5 Å². The number of nitrogens with one attached hydrogen (secondary N) is 2. The Kier molecular flexibility index (Phi) is 6.26. The number of H-pyrrole nitrogens is 1. The average molecular weight is 463 g/mol. The lowest BCUT2D eigenvalue weighted by molar-refractivity contribution is -0.118. The van der Waals surface area contributed by atoms with Crippen LogP contribution >= 0.6 is 11.8 Å². The Balaban J connectivity index is 1.18. The van der Waals surface area contributed by atoms with E-state index in [0.717, 1.165) is 46.4 Å². The lowest BCUT2D eigenvalue weighted by Crippen LogP contribution is -2.27. The van der Waals surface area contributed by atoms with Gasteiger partial charge in [-0.1, -0.05) is 30.0 Å². The number of nitrogens with zero attached hydrogens (tertiary/aromatic N) is 2. The first-order valence-electron chi connectivity index (χ1n) is 11.1. The molecule has 33 heavy (non-hydrogen) atoms. The first-order chi connectivity index (χ1) is 16.2. The zero-order chi connectivity index (χ0) is 22.6. The van der Waals surface area contributed by atoms with Crippen LogP contribution in [0.1, 0.15) is 12.5 Å². The number of rotatable bonds is 8. The highest BCUT2D eigenvalue weighted by molar-refractivity contribution is 7.99. The number of carbonyl (C=O) groups excluding carboxylic acids is 1. The number of aromatic amines is 1. The summed E-state index contributed by atoms with van der Waals surface area (Å²) in [7, 11) is 0. The van der Waals surface area contributed by atoms with Gasteiger partial charge in [-0.2, -0.15) is 0 Å². The maximum atomic E-state index is 12.4. The molecule has 5 rings (SSSR count). The molecule has 0 unspecified atom stereocenters. The van der Waals surface area contributed by atoms with E-state index in [2.05, 4.69) is 38.9 Å². The lowest BCUT2D eigenvalue weighted by atomic mass is 10.1. The van der Waals surface area contributed by atoms with Crippen LogP contribution in [0.15, 0.2) is 60.0 Å². The van der Waals surface area contributed by atoms with Crippen LogP contribution in [0.5, 0.6) is 11.5 Å². The van der Waals surface area contributed by atoms with Crippen LogP contribution in [0.25, 0.3) is 22.2 Å². The number of para-hydroxylation sites is 1. The fraction of sp³-hybridized carbons (Fsp3) is 0.280. The summed E-state index contributed by atoms with van der Waals surface area (Å²) in [6, 6.07) is 14.1. The monoisotopic (exact) mass is 462 g/mol. The van der Waals surface area contributed by atoms with E-state index in [1.807, 2.05) is 42.7 Å². The van der Waals surface area contributed by atoms with Gasteiger partial charge >= 0.3 is 0 Å². The fourth-order valence-electron chi connectivity index (χ4n) is 4.07. The Hall–Kier alpha value is -3.39. The Bertz CT molecular complexity index is 1280. The Labute approximate surface area is 196 Å². The van der Waals surface area contributed by atoms with Gasteiger partial charge in [0.2, 0.25) is 5.91 Å². The molecule has 0 saturated carbocycles. The minimum Gasteiger partial charge on any atom is -0.486 e. The first-order valence-corrected chi connectivity index (χ1v) is 12.1. The van der Waals surface area contributed by atoms with E-state index in [0.29, 0.717) is 25.5 Å². The molecule has 0 atom stereocenters. The van der Waals surface area contributed by atoms with Crippen molar-refractivity contribution in [2.24, 2.45) is 0 Å². The largest absolute Gasteiger partial charge is 0.486 e. The summed E-state index contributed by atoms with van der Waals surface area (Å²) in [5.41, 5.74) is 4.35. The molecule has 7 nitrogen and oxygen atoms in total. The Morgan fingerprint density at radius 3 is 2.91 bits per heavy atom. The molecule has 1 amide bonds. The lowest BCUT2D eigenvalue weighted by Gasteiger charge is -2.19. The highest BCUT2D eigenvalue weighted by Crippen LogP contribution is 2.35. The summed E-state index contributed by atoms with van der Waals surface area (Å²) in [6.45, 7) is 4.57. The van der Waals surface area contributed by atoms with Gasteiger partial charge in [-0.25, -0.2) is 4.98 Å². The zero-order valence-corrected chi connectivity index (χ0v) is 19.3.